The minimum Gasteiger partial charge on any atom is -0.457 e. The number of amidine groups is 1. The summed E-state index contributed by atoms with van der Waals surface area (Å²) < 4.78 is 6.25. The summed E-state index contributed by atoms with van der Waals surface area (Å²) in [4.78, 5) is 30.0. The van der Waals surface area contributed by atoms with Crippen molar-refractivity contribution in [1.82, 2.24) is 15.1 Å². The molecule has 44 heavy (non-hydrogen) atoms. The fourth-order valence-electron chi connectivity index (χ4n) is 5.92. The molecule has 0 unspecified atom stereocenters. The molecule has 236 valence electrons. The topological polar surface area (TPSA) is 136 Å². The van der Waals surface area contributed by atoms with E-state index >= 15 is 0 Å². The van der Waals surface area contributed by atoms with Crippen LogP contribution in [0.2, 0.25) is 0 Å². The van der Waals surface area contributed by atoms with E-state index in [1.54, 1.807) is 30.3 Å². The third kappa shape index (κ3) is 9.60. The zero-order valence-electron chi connectivity index (χ0n) is 25.9. The summed E-state index contributed by atoms with van der Waals surface area (Å²) in [5, 5.41) is 18.7. The first kappa shape index (κ1) is 34.7. The van der Waals surface area contributed by atoms with E-state index in [4.69, 9.17) is 21.3 Å². The van der Waals surface area contributed by atoms with Crippen LogP contribution in [0, 0.1) is 23.7 Å². The zero-order chi connectivity index (χ0) is 32.1. The Morgan fingerprint density at radius 3 is 2.20 bits per heavy atom. The number of carbonyl (C=O) groups excluding carboxylic acids is 2. The number of thioether (sulfide) groups is 1. The van der Waals surface area contributed by atoms with Crippen LogP contribution in [0.15, 0.2) is 42.5 Å². The van der Waals surface area contributed by atoms with Crippen molar-refractivity contribution in [3.05, 3.63) is 59.2 Å². The predicted molar refractivity (Wildman–Crippen MR) is 179 cm³/mol. The fourth-order valence-corrected chi connectivity index (χ4v) is 6.39. The Hall–Kier alpha value is -3.81. The van der Waals surface area contributed by atoms with Crippen LogP contribution in [-0.4, -0.2) is 63.5 Å². The molecule has 3 aliphatic rings. The number of hydrogen-bond acceptors (Lipinski definition) is 7. The summed E-state index contributed by atoms with van der Waals surface area (Å²) in [6, 6.07) is 13.3. The molecular formula is C34H46N6O3S. The summed E-state index contributed by atoms with van der Waals surface area (Å²) in [6.45, 7) is 7.20. The van der Waals surface area contributed by atoms with Gasteiger partial charge in [-0.05, 0) is 80.3 Å². The molecule has 2 aromatic rings. The summed E-state index contributed by atoms with van der Waals surface area (Å²) in [5.74, 6) is 1.10. The van der Waals surface area contributed by atoms with Crippen LogP contribution in [0.5, 0.6) is 11.5 Å². The molecule has 2 saturated heterocycles. The minimum absolute atomic E-state index is 0.113. The first-order valence-corrected chi connectivity index (χ1v) is 16.3. The number of benzene rings is 2. The fraction of sp³-hybridized carbons (Fsp3) is 0.471. The van der Waals surface area contributed by atoms with Gasteiger partial charge >= 0.3 is 0 Å². The van der Waals surface area contributed by atoms with Crippen molar-refractivity contribution >= 4 is 33.8 Å². The number of hydrogen-bond donors (Lipinski definition) is 4. The highest BCUT2D eigenvalue weighted by molar-refractivity contribution is 8.26. The van der Waals surface area contributed by atoms with Crippen LogP contribution >= 0.6 is 11.8 Å². The second-order valence-electron chi connectivity index (χ2n) is 10.9. The Morgan fingerprint density at radius 1 is 0.977 bits per heavy atom. The lowest BCUT2D eigenvalue weighted by molar-refractivity contribution is -0.128. The number of ether oxygens (including phenoxy) is 1. The molecule has 9 nitrogen and oxygen atoms in total. The van der Waals surface area contributed by atoms with Gasteiger partial charge in [-0.25, -0.2) is 0 Å². The third-order valence-corrected chi connectivity index (χ3v) is 8.78. The molecule has 5 N–H and O–H groups in total. The summed E-state index contributed by atoms with van der Waals surface area (Å²) in [5.41, 5.74) is 7.39. The molecule has 0 aromatic heterocycles. The largest absolute Gasteiger partial charge is 0.457 e. The van der Waals surface area contributed by atoms with Gasteiger partial charge in [-0.1, -0.05) is 32.8 Å². The molecule has 2 heterocycles. The van der Waals surface area contributed by atoms with Gasteiger partial charge < -0.3 is 25.6 Å². The number of terminal acetylenes is 1. The van der Waals surface area contributed by atoms with Crippen molar-refractivity contribution in [3.63, 3.8) is 0 Å². The van der Waals surface area contributed by atoms with Gasteiger partial charge in [0, 0.05) is 61.4 Å². The molecule has 0 atom stereocenters. The monoisotopic (exact) mass is 618 g/mol. The average molecular weight is 619 g/mol. The molecule has 1 saturated carbocycles. The van der Waals surface area contributed by atoms with Crippen molar-refractivity contribution in [3.8, 4) is 24.3 Å². The van der Waals surface area contributed by atoms with E-state index in [2.05, 4.69) is 23.1 Å². The van der Waals surface area contributed by atoms with Crippen molar-refractivity contribution < 1.29 is 14.3 Å². The van der Waals surface area contributed by atoms with Crippen LogP contribution in [0.1, 0.15) is 86.7 Å². The van der Waals surface area contributed by atoms with E-state index in [9.17, 15) is 9.59 Å². The van der Waals surface area contributed by atoms with E-state index in [1.807, 2.05) is 30.9 Å². The average Bonchev–Trinajstić information content (AvgIpc) is 3.73. The number of rotatable bonds is 8. The molecule has 0 bridgehead atoms. The molecule has 5 rings (SSSR count). The number of nitrogens with zero attached hydrogens (tertiary/aromatic N) is 2. The number of piperidine rings is 1. The smallest absolute Gasteiger partial charge is 0.251 e. The van der Waals surface area contributed by atoms with Crippen LogP contribution in [0.3, 0.4) is 0 Å². The number of nitrogens with two attached hydrogens (primary N) is 1. The third-order valence-electron chi connectivity index (χ3n) is 8.12. The first-order chi connectivity index (χ1) is 21.4. The van der Waals surface area contributed by atoms with Crippen molar-refractivity contribution in [2.45, 2.75) is 83.8 Å². The SMILES string of the molecule is C#C.CC.N=C(N)SC(=N)c1ccc(Oc2cc(C(=O)NC3CCN(C4CCCC4)CC3)ccc2CN2CCCC2=O)cc1. The Morgan fingerprint density at radius 2 is 1.61 bits per heavy atom. The minimum atomic E-state index is -0.138. The summed E-state index contributed by atoms with van der Waals surface area (Å²) >= 11 is 0.882. The van der Waals surface area contributed by atoms with E-state index in [0.29, 0.717) is 42.1 Å². The number of nitrogens with one attached hydrogen (secondary N) is 3. The maximum absolute atomic E-state index is 13.3. The van der Waals surface area contributed by atoms with Crippen molar-refractivity contribution in [1.29, 1.82) is 10.8 Å². The van der Waals surface area contributed by atoms with Crippen molar-refractivity contribution in [2.24, 2.45) is 5.73 Å². The standard InChI is InChI=1S/C30H38N6O3S.C2H6.C2H2/c31-28(40-30(32)33)20-9-11-25(12-10-20)39-26-18-21(7-8-22(26)19-36-15-3-6-27(36)37)29(38)34-23-13-16-35(17-14-23)24-4-1-2-5-24;2*1-2/h7-12,18,23-24,31H,1-6,13-17,19H2,(H3,32,33)(H,34,38);1-2H3;1-2H. The number of amides is 2. The molecule has 3 fully saturated rings. The second kappa shape index (κ2) is 17.5. The van der Waals surface area contributed by atoms with Gasteiger partial charge in [0.15, 0.2) is 5.17 Å². The number of likely N-dealkylation sites (tertiary alicyclic amines) is 2. The van der Waals surface area contributed by atoms with Crippen molar-refractivity contribution in [2.75, 3.05) is 19.6 Å². The normalized spacial score (nSPS) is 17.2. The highest BCUT2D eigenvalue weighted by Gasteiger charge is 2.28. The lowest BCUT2D eigenvalue weighted by Crippen LogP contribution is -2.47. The van der Waals surface area contributed by atoms with E-state index < -0.39 is 0 Å². The molecular weight excluding hydrogens is 572 g/mol. The molecule has 2 aromatic carbocycles. The van der Waals surface area contributed by atoms with Gasteiger partial charge in [0.25, 0.3) is 5.91 Å². The number of carbonyl (C=O) groups is 2. The van der Waals surface area contributed by atoms with Gasteiger partial charge in [-0.15, -0.1) is 12.8 Å². The zero-order valence-corrected chi connectivity index (χ0v) is 26.8. The van der Waals surface area contributed by atoms with Gasteiger partial charge in [0.1, 0.15) is 16.5 Å². The maximum Gasteiger partial charge on any atom is 0.251 e. The van der Waals surface area contributed by atoms with E-state index in [1.165, 1.54) is 25.7 Å². The lowest BCUT2D eigenvalue weighted by atomic mass is 10.0. The molecule has 0 spiro atoms. The molecule has 2 amide bonds. The predicted octanol–water partition coefficient (Wildman–Crippen LogP) is 5.97. The Balaban J connectivity index is 0.00000127. The van der Waals surface area contributed by atoms with Gasteiger partial charge in [-0.3, -0.25) is 20.4 Å². The second-order valence-corrected chi connectivity index (χ2v) is 11.9. The van der Waals surface area contributed by atoms with E-state index in [-0.39, 0.29) is 28.1 Å². The quantitative estimate of drug-likeness (QED) is 0.164. The highest BCUT2D eigenvalue weighted by atomic mass is 32.2. The van der Waals surface area contributed by atoms with Crippen LogP contribution in [0.4, 0.5) is 0 Å². The van der Waals surface area contributed by atoms with E-state index in [0.717, 1.165) is 55.7 Å². The van der Waals surface area contributed by atoms with Gasteiger partial charge in [0.05, 0.1) is 0 Å². The Kier molecular flexibility index (Phi) is 13.8. The van der Waals surface area contributed by atoms with Gasteiger partial charge in [-0.2, -0.15) is 0 Å². The first-order valence-electron chi connectivity index (χ1n) is 15.5. The van der Waals surface area contributed by atoms with Crippen LogP contribution < -0.4 is 15.8 Å². The molecule has 1 aliphatic carbocycles. The molecule has 10 heteroatoms. The summed E-state index contributed by atoms with van der Waals surface area (Å²) in [7, 11) is 0. The Labute approximate surface area is 266 Å². The van der Waals surface area contributed by atoms with Gasteiger partial charge in [0.2, 0.25) is 5.91 Å². The lowest BCUT2D eigenvalue weighted by Gasteiger charge is -2.36. The summed E-state index contributed by atoms with van der Waals surface area (Å²) in [6.07, 6.45) is 16.6. The molecule has 2 aliphatic heterocycles. The van der Waals surface area contributed by atoms with Crippen LogP contribution in [0.25, 0.3) is 0 Å². The van der Waals surface area contributed by atoms with Crippen LogP contribution in [-0.2, 0) is 11.3 Å². The highest BCUT2D eigenvalue weighted by Crippen LogP contribution is 2.30. The Bertz CT molecular complexity index is 1300. The molecule has 0 radical (unpaired) electrons. The maximum atomic E-state index is 13.3.